The van der Waals surface area contributed by atoms with E-state index in [0.717, 1.165) is 12.0 Å². The lowest BCUT2D eigenvalue weighted by atomic mass is 10.2. The molecule has 0 radical (unpaired) electrons. The average molecular weight is 256 g/mol. The summed E-state index contributed by atoms with van der Waals surface area (Å²) in [6.07, 6.45) is 8.94. The van der Waals surface area contributed by atoms with Crippen molar-refractivity contribution >= 4 is 17.2 Å². The third-order valence-electron chi connectivity index (χ3n) is 2.91. The first-order valence-corrected chi connectivity index (χ1v) is 5.90. The van der Waals surface area contributed by atoms with Gasteiger partial charge in [0.25, 0.3) is 5.91 Å². The first kappa shape index (κ1) is 11.4. The summed E-state index contributed by atoms with van der Waals surface area (Å²) in [6, 6.07) is 0. The minimum Gasteiger partial charge on any atom is -0.307 e. The summed E-state index contributed by atoms with van der Waals surface area (Å²) in [5.74, 6) is 0.387. The van der Waals surface area contributed by atoms with Crippen LogP contribution < -0.4 is 5.32 Å². The maximum absolute atomic E-state index is 12.2. The van der Waals surface area contributed by atoms with E-state index in [4.69, 9.17) is 0 Å². The van der Waals surface area contributed by atoms with Crippen LogP contribution in [0.3, 0.4) is 0 Å². The fraction of sp³-hybridized carbons (Fsp3) is 0.167. The van der Waals surface area contributed by atoms with Gasteiger partial charge < -0.3 is 5.32 Å². The number of nitrogens with one attached hydrogen (secondary N) is 2. The minimum absolute atomic E-state index is 0.234. The van der Waals surface area contributed by atoms with Crippen molar-refractivity contribution < 1.29 is 4.79 Å². The summed E-state index contributed by atoms with van der Waals surface area (Å²) in [4.78, 5) is 16.2. The zero-order valence-electron chi connectivity index (χ0n) is 10.3. The molecule has 0 aliphatic carbocycles. The van der Waals surface area contributed by atoms with Gasteiger partial charge in [0.1, 0.15) is 5.82 Å². The summed E-state index contributed by atoms with van der Waals surface area (Å²) in [5.41, 5.74) is 2.10. The summed E-state index contributed by atoms with van der Waals surface area (Å²) in [5, 5.41) is 13.6. The number of nitrogens with zero attached hydrogens (tertiary/aromatic N) is 4. The number of anilines is 1. The molecule has 0 unspecified atom stereocenters. The molecule has 0 atom stereocenters. The molecule has 96 valence electrons. The van der Waals surface area contributed by atoms with Crippen LogP contribution in [0.1, 0.15) is 22.8 Å². The van der Waals surface area contributed by atoms with Crippen molar-refractivity contribution in [3.05, 3.63) is 42.1 Å². The van der Waals surface area contributed by atoms with Crippen LogP contribution in [0.2, 0.25) is 0 Å². The lowest BCUT2D eigenvalue weighted by Crippen LogP contribution is -2.13. The van der Waals surface area contributed by atoms with E-state index in [9.17, 15) is 4.79 Å². The van der Waals surface area contributed by atoms with E-state index in [0.29, 0.717) is 16.9 Å². The van der Waals surface area contributed by atoms with Gasteiger partial charge in [-0.05, 0) is 6.42 Å². The van der Waals surface area contributed by atoms with Crippen LogP contribution in [0, 0.1) is 0 Å². The molecule has 0 saturated carbocycles. The van der Waals surface area contributed by atoms with E-state index in [1.807, 2.05) is 6.92 Å². The van der Waals surface area contributed by atoms with Crippen LogP contribution in [0.5, 0.6) is 0 Å². The van der Waals surface area contributed by atoms with Crippen LogP contribution in [-0.4, -0.2) is 30.7 Å². The molecule has 2 N–H and O–H groups in total. The second-order valence-corrected chi connectivity index (χ2v) is 4.04. The molecule has 7 heteroatoms. The zero-order chi connectivity index (χ0) is 13.2. The molecular formula is C12H12N6O. The van der Waals surface area contributed by atoms with Gasteiger partial charge >= 0.3 is 0 Å². The van der Waals surface area contributed by atoms with E-state index in [1.165, 1.54) is 6.20 Å². The predicted molar refractivity (Wildman–Crippen MR) is 68.9 cm³/mol. The van der Waals surface area contributed by atoms with Gasteiger partial charge in [0.05, 0.1) is 29.7 Å². The summed E-state index contributed by atoms with van der Waals surface area (Å²) >= 11 is 0. The monoisotopic (exact) mass is 256 g/mol. The van der Waals surface area contributed by atoms with Gasteiger partial charge in [-0.2, -0.15) is 10.2 Å². The summed E-state index contributed by atoms with van der Waals surface area (Å²) in [7, 11) is 0. The fourth-order valence-corrected chi connectivity index (χ4v) is 1.88. The maximum atomic E-state index is 12.2. The van der Waals surface area contributed by atoms with Crippen molar-refractivity contribution in [2.24, 2.45) is 0 Å². The average Bonchev–Trinajstić information content (AvgIpc) is 3.04. The highest BCUT2D eigenvalue weighted by atomic mass is 16.1. The van der Waals surface area contributed by atoms with Crippen LogP contribution in [0.4, 0.5) is 5.82 Å². The topological polar surface area (TPSA) is 88.0 Å². The maximum Gasteiger partial charge on any atom is 0.260 e. The number of amides is 1. The molecule has 1 amide bonds. The Morgan fingerprint density at radius 2 is 2.32 bits per heavy atom. The number of hydrogen-bond acceptors (Lipinski definition) is 4. The van der Waals surface area contributed by atoms with Crippen molar-refractivity contribution in [3.63, 3.8) is 0 Å². The van der Waals surface area contributed by atoms with Gasteiger partial charge in [0.15, 0.2) is 0 Å². The Morgan fingerprint density at radius 1 is 1.42 bits per heavy atom. The molecule has 0 aliphatic rings. The smallest absolute Gasteiger partial charge is 0.260 e. The van der Waals surface area contributed by atoms with Crippen molar-refractivity contribution in [2.45, 2.75) is 13.3 Å². The number of carbonyl (C=O) groups is 1. The number of fused-ring (bicyclic) bond motifs is 1. The standard InChI is InChI=1S/C12H12N6O/c1-2-8-5-14-17-11(8)16-12(19)9-6-15-18-4-3-13-7-10(9)18/h3-7H,2H2,1H3,(H2,14,16,17,19). The number of carbonyl (C=O) groups excluding carboxylic acids is 1. The van der Waals surface area contributed by atoms with E-state index < -0.39 is 0 Å². The Bertz CT molecular complexity index is 728. The molecule has 0 fully saturated rings. The Balaban J connectivity index is 1.92. The second kappa shape index (κ2) is 4.52. The molecule has 3 aromatic rings. The highest BCUT2D eigenvalue weighted by Gasteiger charge is 2.14. The van der Waals surface area contributed by atoms with Gasteiger partial charge in [-0.1, -0.05) is 6.92 Å². The third-order valence-corrected chi connectivity index (χ3v) is 2.91. The first-order valence-electron chi connectivity index (χ1n) is 5.90. The SMILES string of the molecule is CCc1cn[nH]c1NC(=O)c1cnn2ccncc12. The second-order valence-electron chi connectivity index (χ2n) is 4.04. The molecule has 0 spiro atoms. The largest absolute Gasteiger partial charge is 0.307 e. The first-order chi connectivity index (χ1) is 9.29. The number of H-pyrrole nitrogens is 1. The van der Waals surface area contributed by atoms with Crippen LogP contribution in [-0.2, 0) is 6.42 Å². The number of rotatable bonds is 3. The van der Waals surface area contributed by atoms with Crippen LogP contribution in [0.25, 0.3) is 5.52 Å². The molecule has 19 heavy (non-hydrogen) atoms. The van der Waals surface area contributed by atoms with E-state index >= 15 is 0 Å². The molecule has 3 aromatic heterocycles. The lowest BCUT2D eigenvalue weighted by Gasteiger charge is -2.03. The van der Waals surface area contributed by atoms with Crippen molar-refractivity contribution in [3.8, 4) is 0 Å². The van der Waals surface area contributed by atoms with Gasteiger partial charge in [0.2, 0.25) is 0 Å². The highest BCUT2D eigenvalue weighted by Crippen LogP contribution is 2.15. The van der Waals surface area contributed by atoms with Gasteiger partial charge in [-0.25, -0.2) is 4.52 Å². The number of aromatic amines is 1. The molecule has 0 saturated heterocycles. The molecule has 3 rings (SSSR count). The van der Waals surface area contributed by atoms with Crippen LogP contribution in [0.15, 0.2) is 31.0 Å². The Hall–Kier alpha value is -2.70. The van der Waals surface area contributed by atoms with Gasteiger partial charge in [-0.15, -0.1) is 0 Å². The molecular weight excluding hydrogens is 244 g/mol. The normalized spacial score (nSPS) is 10.8. The predicted octanol–water partition coefficient (Wildman–Crippen LogP) is 1.27. The third kappa shape index (κ3) is 1.95. The molecule has 3 heterocycles. The van der Waals surface area contributed by atoms with Crippen molar-refractivity contribution in [1.82, 2.24) is 24.8 Å². The Labute approximate surface area is 108 Å². The zero-order valence-corrected chi connectivity index (χ0v) is 10.3. The van der Waals surface area contributed by atoms with Gasteiger partial charge in [-0.3, -0.25) is 14.9 Å². The summed E-state index contributed by atoms with van der Waals surface area (Å²) < 4.78 is 1.61. The van der Waals surface area contributed by atoms with Crippen molar-refractivity contribution in [1.29, 1.82) is 0 Å². The van der Waals surface area contributed by atoms with Crippen molar-refractivity contribution in [2.75, 3.05) is 5.32 Å². The molecule has 7 nitrogen and oxygen atoms in total. The number of aryl methyl sites for hydroxylation is 1. The number of aromatic nitrogens is 5. The molecule has 0 aromatic carbocycles. The molecule has 0 bridgehead atoms. The van der Waals surface area contributed by atoms with Gasteiger partial charge in [0, 0.05) is 18.0 Å². The molecule has 0 aliphatic heterocycles. The minimum atomic E-state index is -0.234. The van der Waals surface area contributed by atoms with E-state index in [2.05, 4.69) is 25.6 Å². The highest BCUT2D eigenvalue weighted by molar-refractivity contribution is 6.08. The lowest BCUT2D eigenvalue weighted by molar-refractivity contribution is 0.102. The van der Waals surface area contributed by atoms with E-state index in [1.54, 1.807) is 29.3 Å². The Kier molecular flexibility index (Phi) is 2.71. The van der Waals surface area contributed by atoms with Crippen LogP contribution >= 0.6 is 0 Å². The fourth-order valence-electron chi connectivity index (χ4n) is 1.88. The van der Waals surface area contributed by atoms with E-state index in [-0.39, 0.29) is 5.91 Å². The quantitative estimate of drug-likeness (QED) is 0.738. The Morgan fingerprint density at radius 3 is 3.16 bits per heavy atom. The number of hydrogen-bond donors (Lipinski definition) is 2. The summed E-state index contributed by atoms with van der Waals surface area (Å²) in [6.45, 7) is 2.00.